The highest BCUT2D eigenvalue weighted by molar-refractivity contribution is 6.31. The third-order valence-corrected chi connectivity index (χ3v) is 6.08. The van der Waals surface area contributed by atoms with Gasteiger partial charge in [-0.05, 0) is 24.3 Å². The fraction of sp³-hybridized carbons (Fsp3) is 0.250. The molecule has 0 aliphatic carbocycles. The molecule has 2 amide bonds. The van der Waals surface area contributed by atoms with Crippen LogP contribution in [0.15, 0.2) is 48.9 Å². The third-order valence-electron chi connectivity index (χ3n) is 5.75. The van der Waals surface area contributed by atoms with Crippen LogP contribution in [0.5, 0.6) is 0 Å². The summed E-state index contributed by atoms with van der Waals surface area (Å²) in [6, 6.07) is 5.26. The largest absolute Gasteiger partial charge is 0.418 e. The monoisotopic (exact) mass is 552 g/mol. The van der Waals surface area contributed by atoms with Crippen molar-refractivity contribution in [2.24, 2.45) is 0 Å². The molecule has 1 aliphatic heterocycles. The number of nitrogen functional groups attached to an aromatic ring is 1. The van der Waals surface area contributed by atoms with Crippen molar-refractivity contribution in [2.45, 2.75) is 24.7 Å². The lowest BCUT2D eigenvalue weighted by atomic mass is 9.96. The molecule has 38 heavy (non-hydrogen) atoms. The molecule has 9 nitrogen and oxygen atoms in total. The molecule has 1 saturated heterocycles. The number of nitrogens with zero attached hydrogens (tertiary/aromatic N) is 2. The van der Waals surface area contributed by atoms with E-state index < -0.39 is 40.6 Å². The Morgan fingerprint density at radius 2 is 1.97 bits per heavy atom. The molecule has 14 heteroatoms. The Morgan fingerprint density at radius 1 is 1.18 bits per heavy atom. The minimum absolute atomic E-state index is 0.00402. The number of amides is 2. The zero-order chi connectivity index (χ0) is 27.5. The van der Waals surface area contributed by atoms with Gasteiger partial charge in [0.25, 0.3) is 5.91 Å². The first-order chi connectivity index (χ1) is 18.0. The topological polar surface area (TPSA) is 131 Å². The summed E-state index contributed by atoms with van der Waals surface area (Å²) >= 11 is 6.24. The van der Waals surface area contributed by atoms with Crippen LogP contribution in [0.2, 0.25) is 5.02 Å². The van der Waals surface area contributed by atoms with Crippen molar-refractivity contribution < 1.29 is 31.9 Å². The van der Waals surface area contributed by atoms with Crippen molar-refractivity contribution >= 4 is 40.5 Å². The number of nitrogens with one attached hydrogen (secondary N) is 3. The van der Waals surface area contributed by atoms with E-state index in [9.17, 15) is 27.2 Å². The van der Waals surface area contributed by atoms with Gasteiger partial charge in [0.1, 0.15) is 11.4 Å². The van der Waals surface area contributed by atoms with E-state index in [1.165, 1.54) is 24.5 Å². The lowest BCUT2D eigenvalue weighted by molar-refractivity contribution is -0.137. The summed E-state index contributed by atoms with van der Waals surface area (Å²) in [6.45, 7) is -0.00433. The first-order valence-electron chi connectivity index (χ1n) is 11.1. The minimum atomic E-state index is -4.79. The number of pyridine rings is 2. The number of benzene rings is 1. The second-order valence-corrected chi connectivity index (χ2v) is 8.87. The Bertz CT molecular complexity index is 1370. The molecule has 0 saturated carbocycles. The van der Waals surface area contributed by atoms with E-state index in [4.69, 9.17) is 22.1 Å². The molecule has 0 spiro atoms. The number of nitrogens with two attached hydrogens (primary N) is 1. The molecular weight excluding hydrogens is 532 g/mol. The molecule has 3 aromatic rings. The summed E-state index contributed by atoms with van der Waals surface area (Å²) < 4.78 is 59.3. The molecule has 4 rings (SSSR count). The molecule has 0 unspecified atom stereocenters. The Morgan fingerprint density at radius 3 is 2.63 bits per heavy atom. The molecule has 1 atom stereocenters. The number of alkyl halides is 3. The lowest BCUT2D eigenvalue weighted by Gasteiger charge is -2.27. The minimum Gasteiger partial charge on any atom is -0.397 e. The fourth-order valence-electron chi connectivity index (χ4n) is 3.80. The molecule has 200 valence electrons. The summed E-state index contributed by atoms with van der Waals surface area (Å²) in [4.78, 5) is 33.7. The van der Waals surface area contributed by atoms with Gasteiger partial charge in [-0.25, -0.2) is 4.39 Å². The summed E-state index contributed by atoms with van der Waals surface area (Å²) in [7, 11) is 0. The van der Waals surface area contributed by atoms with E-state index in [0.717, 1.165) is 24.4 Å². The predicted octanol–water partition coefficient (Wildman–Crippen LogP) is 3.82. The molecule has 3 heterocycles. The number of hydrogen-bond acceptors (Lipinski definition) is 7. The Balaban J connectivity index is 1.45. The zero-order valence-electron chi connectivity index (χ0n) is 19.5. The summed E-state index contributed by atoms with van der Waals surface area (Å²) in [6.07, 6.45) is -0.741. The highest BCUT2D eigenvalue weighted by Crippen LogP contribution is 2.37. The molecular formula is C24H21ClF4N6O3. The fourth-order valence-corrected chi connectivity index (χ4v) is 4.03. The van der Waals surface area contributed by atoms with Crippen molar-refractivity contribution in [2.75, 3.05) is 24.3 Å². The Hall–Kier alpha value is -3.97. The molecule has 0 radical (unpaired) electrons. The zero-order valence-corrected chi connectivity index (χ0v) is 20.3. The summed E-state index contributed by atoms with van der Waals surface area (Å²) in [5.74, 6) is -2.22. The first kappa shape index (κ1) is 27.1. The first-order valence-corrected chi connectivity index (χ1v) is 11.5. The second-order valence-electron chi connectivity index (χ2n) is 8.47. The normalized spacial score (nSPS) is 17.2. The third kappa shape index (κ3) is 5.94. The van der Waals surface area contributed by atoms with Gasteiger partial charge >= 0.3 is 6.18 Å². The average molecular weight is 553 g/mol. The van der Waals surface area contributed by atoms with Gasteiger partial charge in [0.15, 0.2) is 0 Å². The summed E-state index contributed by atoms with van der Waals surface area (Å²) in [5.41, 5.74) is 2.99. The maximum atomic E-state index is 14.1. The van der Waals surface area contributed by atoms with E-state index >= 15 is 0 Å². The molecule has 1 aromatic carbocycles. The summed E-state index contributed by atoms with van der Waals surface area (Å²) in [5, 5.41) is 7.70. The second kappa shape index (κ2) is 10.8. The highest BCUT2D eigenvalue weighted by Gasteiger charge is 2.44. The van der Waals surface area contributed by atoms with E-state index in [2.05, 4.69) is 25.9 Å². The van der Waals surface area contributed by atoms with Gasteiger partial charge in [0.2, 0.25) is 5.91 Å². The quantitative estimate of drug-likeness (QED) is 0.328. The van der Waals surface area contributed by atoms with E-state index in [-0.39, 0.29) is 53.8 Å². The number of carbonyl (C=O) groups is 2. The van der Waals surface area contributed by atoms with Crippen molar-refractivity contribution in [3.05, 3.63) is 76.6 Å². The number of ether oxygens (including phenoxy) is 1. The number of rotatable bonds is 7. The lowest BCUT2D eigenvalue weighted by Crippen LogP contribution is -2.59. The van der Waals surface area contributed by atoms with E-state index in [1.807, 2.05) is 0 Å². The van der Waals surface area contributed by atoms with E-state index in [1.54, 1.807) is 0 Å². The Labute approximate surface area is 218 Å². The number of hydrogen-bond donors (Lipinski definition) is 4. The van der Waals surface area contributed by atoms with E-state index in [0.29, 0.717) is 0 Å². The maximum absolute atomic E-state index is 14.1. The SMILES string of the molecule is Nc1cncc(C(=O)N[C@@]2(C(=O)NCc3ncc(Nc4c(F)cccc4C(F)(F)F)cc3Cl)CCOC2)c1. The molecule has 2 aromatic heterocycles. The van der Waals surface area contributed by atoms with Gasteiger partial charge in [-0.15, -0.1) is 0 Å². The maximum Gasteiger partial charge on any atom is 0.418 e. The van der Waals surface area contributed by atoms with Crippen molar-refractivity contribution in [3.8, 4) is 0 Å². The Kier molecular flexibility index (Phi) is 7.69. The van der Waals surface area contributed by atoms with Crippen LogP contribution in [0.25, 0.3) is 0 Å². The van der Waals surface area contributed by atoms with Crippen LogP contribution in [0.1, 0.15) is 28.0 Å². The van der Waals surface area contributed by atoms with Crippen LogP contribution in [-0.4, -0.2) is 40.5 Å². The van der Waals surface area contributed by atoms with Crippen molar-refractivity contribution in [1.82, 2.24) is 20.6 Å². The van der Waals surface area contributed by atoms with Crippen molar-refractivity contribution in [3.63, 3.8) is 0 Å². The van der Waals surface area contributed by atoms with Gasteiger partial charge in [-0.2, -0.15) is 13.2 Å². The van der Waals surface area contributed by atoms with Gasteiger partial charge < -0.3 is 26.4 Å². The van der Waals surface area contributed by atoms with Crippen molar-refractivity contribution in [1.29, 1.82) is 0 Å². The number of anilines is 3. The van der Waals surface area contributed by atoms with Crippen LogP contribution in [0, 0.1) is 5.82 Å². The van der Waals surface area contributed by atoms with Crippen LogP contribution in [-0.2, 0) is 22.3 Å². The molecule has 1 aliphatic rings. The highest BCUT2D eigenvalue weighted by atomic mass is 35.5. The number of aromatic nitrogens is 2. The van der Waals surface area contributed by atoms with Gasteiger partial charge in [0, 0.05) is 25.4 Å². The van der Waals surface area contributed by atoms with Crippen LogP contribution < -0.4 is 21.7 Å². The standard InChI is InChI=1S/C24H21ClF4N6O3/c25-17-7-15(34-20-16(24(27,28)29)2-1-3-18(20)26)10-32-19(17)11-33-22(37)23(4-5-38-12-23)35-21(36)13-6-14(30)9-31-8-13/h1-3,6-10,34H,4-5,11-12,30H2,(H,33,37)(H,35,36)/t23-/m0/s1. The predicted molar refractivity (Wildman–Crippen MR) is 130 cm³/mol. The number of para-hydroxylation sites is 1. The van der Waals surface area contributed by atoms with Gasteiger partial charge in [0.05, 0.1) is 58.3 Å². The number of carbonyl (C=O) groups excluding carboxylic acids is 2. The number of halogens is 5. The molecule has 0 bridgehead atoms. The average Bonchev–Trinajstić information content (AvgIpc) is 3.33. The van der Waals surface area contributed by atoms with Crippen LogP contribution in [0.3, 0.4) is 0 Å². The van der Waals surface area contributed by atoms with Gasteiger partial charge in [-0.1, -0.05) is 17.7 Å². The molecule has 5 N–H and O–H groups in total. The van der Waals surface area contributed by atoms with Crippen LogP contribution >= 0.6 is 11.6 Å². The van der Waals surface area contributed by atoms with Gasteiger partial charge in [-0.3, -0.25) is 19.6 Å². The smallest absolute Gasteiger partial charge is 0.397 e. The van der Waals surface area contributed by atoms with Crippen LogP contribution in [0.4, 0.5) is 34.6 Å². The molecule has 1 fully saturated rings.